The van der Waals surface area contributed by atoms with Gasteiger partial charge in [-0.15, -0.1) is 11.3 Å². The van der Waals surface area contributed by atoms with E-state index in [4.69, 9.17) is 11.6 Å². The summed E-state index contributed by atoms with van der Waals surface area (Å²) in [5.41, 5.74) is 0.285. The maximum Gasteiger partial charge on any atom is 0.173 e. The summed E-state index contributed by atoms with van der Waals surface area (Å²) in [5.74, 6) is 0.641. The first kappa shape index (κ1) is 13.7. The van der Waals surface area contributed by atoms with Crippen molar-refractivity contribution in [3.05, 3.63) is 21.3 Å². The molecule has 0 aliphatic heterocycles. The zero-order valence-electron chi connectivity index (χ0n) is 10.3. The summed E-state index contributed by atoms with van der Waals surface area (Å²) in [6.07, 6.45) is 1.69. The predicted octanol–water partition coefficient (Wildman–Crippen LogP) is 5.05. The molecule has 0 bridgehead atoms. The fourth-order valence-electron chi connectivity index (χ4n) is 2.00. The minimum Gasteiger partial charge on any atom is -0.293 e. The van der Waals surface area contributed by atoms with Gasteiger partial charge in [-0.2, -0.15) is 0 Å². The molecule has 0 aromatic carbocycles. The number of Topliss-reactive ketones (excluding diaryl/α,β-unsaturated/α-hetero) is 1. The van der Waals surface area contributed by atoms with Crippen LogP contribution in [0.4, 0.5) is 0 Å². The molecule has 1 heterocycles. The summed E-state index contributed by atoms with van der Waals surface area (Å²) in [5, 5.41) is 0. The predicted molar refractivity (Wildman–Crippen MR) is 71.5 cm³/mol. The van der Waals surface area contributed by atoms with Gasteiger partial charge >= 0.3 is 0 Å². The Bertz CT molecular complexity index is 362. The molecule has 16 heavy (non-hydrogen) atoms. The Labute approximate surface area is 107 Å². The molecular weight excluding hydrogens is 240 g/mol. The molecule has 0 aliphatic rings. The van der Waals surface area contributed by atoms with Gasteiger partial charge in [0.25, 0.3) is 0 Å². The highest BCUT2D eigenvalue weighted by Gasteiger charge is 2.19. The Morgan fingerprint density at radius 2 is 2.06 bits per heavy atom. The normalized spacial score (nSPS) is 13.8. The quantitative estimate of drug-likeness (QED) is 0.691. The van der Waals surface area contributed by atoms with E-state index >= 15 is 0 Å². The van der Waals surface area contributed by atoms with E-state index < -0.39 is 0 Å². The van der Waals surface area contributed by atoms with Crippen LogP contribution in [0, 0.1) is 11.3 Å². The van der Waals surface area contributed by atoms with Crippen LogP contribution in [0.25, 0.3) is 0 Å². The lowest BCUT2D eigenvalue weighted by atomic mass is 9.83. The summed E-state index contributed by atoms with van der Waals surface area (Å²) < 4.78 is 0.687. The molecule has 3 heteroatoms. The van der Waals surface area contributed by atoms with Crippen LogP contribution in [0.1, 0.15) is 50.2 Å². The van der Waals surface area contributed by atoms with Crippen molar-refractivity contribution in [2.24, 2.45) is 11.3 Å². The number of carbonyl (C=O) groups is 1. The van der Waals surface area contributed by atoms with Crippen molar-refractivity contribution in [2.45, 2.75) is 40.5 Å². The number of rotatable bonds is 4. The van der Waals surface area contributed by atoms with Crippen molar-refractivity contribution in [3.8, 4) is 0 Å². The summed E-state index contributed by atoms with van der Waals surface area (Å²) in [7, 11) is 0. The Morgan fingerprint density at radius 3 is 2.50 bits per heavy atom. The highest BCUT2D eigenvalue weighted by molar-refractivity contribution is 7.18. The van der Waals surface area contributed by atoms with Gasteiger partial charge in [0.1, 0.15) is 0 Å². The number of ketones is 1. The van der Waals surface area contributed by atoms with E-state index in [-0.39, 0.29) is 11.2 Å². The highest BCUT2D eigenvalue weighted by atomic mass is 35.5. The minimum absolute atomic E-state index is 0.216. The van der Waals surface area contributed by atoms with Crippen molar-refractivity contribution in [1.29, 1.82) is 0 Å². The van der Waals surface area contributed by atoms with Crippen molar-refractivity contribution in [3.63, 3.8) is 0 Å². The van der Waals surface area contributed by atoms with E-state index in [2.05, 4.69) is 27.7 Å². The highest BCUT2D eigenvalue weighted by Crippen LogP contribution is 2.28. The van der Waals surface area contributed by atoms with Crippen molar-refractivity contribution < 1.29 is 4.79 Å². The first-order valence-corrected chi connectivity index (χ1v) is 6.76. The van der Waals surface area contributed by atoms with E-state index in [1.807, 2.05) is 6.07 Å². The molecule has 0 saturated carbocycles. The minimum atomic E-state index is 0.216. The lowest BCUT2D eigenvalue weighted by Crippen LogP contribution is -2.13. The zero-order chi connectivity index (χ0) is 12.3. The van der Waals surface area contributed by atoms with Crippen LogP contribution < -0.4 is 0 Å². The molecule has 0 amide bonds. The third-order valence-corrected chi connectivity index (χ3v) is 3.61. The average Bonchev–Trinajstić information content (AvgIpc) is 2.47. The molecule has 1 aromatic heterocycles. The van der Waals surface area contributed by atoms with Crippen LogP contribution in [0.15, 0.2) is 12.1 Å². The van der Waals surface area contributed by atoms with Gasteiger partial charge in [-0.3, -0.25) is 4.79 Å². The molecule has 0 saturated heterocycles. The second kappa shape index (κ2) is 5.33. The smallest absolute Gasteiger partial charge is 0.173 e. The maximum absolute atomic E-state index is 11.9. The van der Waals surface area contributed by atoms with Crippen molar-refractivity contribution >= 4 is 28.7 Å². The van der Waals surface area contributed by atoms with Crippen LogP contribution in [0.5, 0.6) is 0 Å². The van der Waals surface area contributed by atoms with Gasteiger partial charge in [0.05, 0.1) is 9.21 Å². The molecule has 1 atom stereocenters. The third kappa shape index (κ3) is 4.67. The van der Waals surface area contributed by atoms with E-state index in [0.29, 0.717) is 16.7 Å². The van der Waals surface area contributed by atoms with Crippen LogP contribution in [-0.4, -0.2) is 5.78 Å². The van der Waals surface area contributed by atoms with Gasteiger partial charge in [-0.25, -0.2) is 0 Å². The summed E-state index contributed by atoms with van der Waals surface area (Å²) in [4.78, 5) is 12.7. The number of halogens is 1. The van der Waals surface area contributed by atoms with Crippen molar-refractivity contribution in [2.75, 3.05) is 0 Å². The van der Waals surface area contributed by atoms with Crippen LogP contribution in [0.2, 0.25) is 4.34 Å². The first-order chi connectivity index (χ1) is 7.28. The third-order valence-electron chi connectivity index (χ3n) is 2.34. The standard InChI is InChI=1S/C13H19ClOS/c1-9(8-13(2,3)4)7-10(15)11-5-6-12(14)16-11/h5-6,9H,7-8H2,1-4H3. The fourth-order valence-corrected chi connectivity index (χ4v) is 2.99. The van der Waals surface area contributed by atoms with E-state index in [1.54, 1.807) is 6.07 Å². The Kier molecular flexibility index (Phi) is 4.57. The van der Waals surface area contributed by atoms with Gasteiger partial charge in [-0.1, -0.05) is 39.3 Å². The second-order valence-corrected chi connectivity index (χ2v) is 7.32. The molecule has 0 fully saturated rings. The molecule has 1 aromatic rings. The maximum atomic E-state index is 11.9. The topological polar surface area (TPSA) is 17.1 Å². The van der Waals surface area contributed by atoms with Crippen LogP contribution in [0.3, 0.4) is 0 Å². The van der Waals surface area contributed by atoms with Crippen LogP contribution in [-0.2, 0) is 0 Å². The lowest BCUT2D eigenvalue weighted by Gasteiger charge is -2.22. The summed E-state index contributed by atoms with van der Waals surface area (Å²) in [6.45, 7) is 8.75. The van der Waals surface area contributed by atoms with Gasteiger partial charge in [0.15, 0.2) is 5.78 Å². The van der Waals surface area contributed by atoms with E-state index in [0.717, 1.165) is 11.3 Å². The largest absolute Gasteiger partial charge is 0.293 e. The lowest BCUT2D eigenvalue weighted by molar-refractivity contribution is 0.0958. The molecular formula is C13H19ClOS. The first-order valence-electron chi connectivity index (χ1n) is 5.56. The molecule has 0 spiro atoms. The fraction of sp³-hybridized carbons (Fsp3) is 0.615. The molecule has 0 N–H and O–H groups in total. The van der Waals surface area contributed by atoms with E-state index in [1.165, 1.54) is 11.3 Å². The molecule has 1 unspecified atom stereocenters. The van der Waals surface area contributed by atoms with Crippen LogP contribution >= 0.6 is 22.9 Å². The Morgan fingerprint density at radius 1 is 1.44 bits per heavy atom. The summed E-state index contributed by atoms with van der Waals surface area (Å²) in [6, 6.07) is 3.60. The number of hydrogen-bond acceptors (Lipinski definition) is 2. The molecule has 1 nitrogen and oxygen atoms in total. The molecule has 0 aliphatic carbocycles. The van der Waals surface area contributed by atoms with Gasteiger partial charge < -0.3 is 0 Å². The van der Waals surface area contributed by atoms with Gasteiger partial charge in [0, 0.05) is 6.42 Å². The monoisotopic (exact) mass is 258 g/mol. The number of hydrogen-bond donors (Lipinski definition) is 0. The zero-order valence-corrected chi connectivity index (χ0v) is 11.9. The van der Waals surface area contributed by atoms with E-state index in [9.17, 15) is 4.79 Å². The molecule has 1 rings (SSSR count). The molecule has 90 valence electrons. The van der Waals surface area contributed by atoms with Crippen molar-refractivity contribution in [1.82, 2.24) is 0 Å². The average molecular weight is 259 g/mol. The Balaban J connectivity index is 2.52. The van der Waals surface area contributed by atoms with Gasteiger partial charge in [0.2, 0.25) is 0 Å². The second-order valence-electron chi connectivity index (χ2n) is 5.60. The Hall–Kier alpha value is -0.340. The number of thiophene rings is 1. The van der Waals surface area contributed by atoms with Gasteiger partial charge in [-0.05, 0) is 29.9 Å². The summed E-state index contributed by atoms with van der Waals surface area (Å²) >= 11 is 7.19. The molecule has 0 radical (unpaired) electrons. The number of carbonyl (C=O) groups excluding carboxylic acids is 1. The SMILES string of the molecule is CC(CC(=O)c1ccc(Cl)s1)CC(C)(C)C.